The van der Waals surface area contributed by atoms with Gasteiger partial charge in [0.15, 0.2) is 11.5 Å². The maximum Gasteiger partial charge on any atom is 0.298 e. The Bertz CT molecular complexity index is 373. The van der Waals surface area contributed by atoms with E-state index in [9.17, 15) is 4.79 Å². The molecule has 0 unspecified atom stereocenters. The summed E-state index contributed by atoms with van der Waals surface area (Å²) in [5.74, 6) is 1.45. The number of methoxy groups -OCH3 is 1. The van der Waals surface area contributed by atoms with Crippen LogP contribution in [0.3, 0.4) is 0 Å². The Balaban J connectivity index is 2.09. The Labute approximate surface area is 92.9 Å². The lowest BCUT2D eigenvalue weighted by atomic mass is 10.3. The van der Waals surface area contributed by atoms with Gasteiger partial charge in [-0.15, -0.1) is 0 Å². The zero-order valence-electron chi connectivity index (χ0n) is 8.84. The van der Waals surface area contributed by atoms with Gasteiger partial charge < -0.3 is 18.9 Å². The molecule has 86 valence electrons. The molecule has 16 heavy (non-hydrogen) atoms. The second-order valence-electron chi connectivity index (χ2n) is 3.29. The molecule has 0 N–H and O–H groups in total. The minimum absolute atomic E-state index is 0.159. The normalized spacial score (nSPS) is 17.7. The molecule has 0 saturated carbocycles. The van der Waals surface area contributed by atoms with E-state index in [1.165, 1.54) is 0 Å². The van der Waals surface area contributed by atoms with Crippen molar-refractivity contribution in [2.45, 2.75) is 6.10 Å². The van der Waals surface area contributed by atoms with Crippen LogP contribution in [0.2, 0.25) is 0 Å². The molecule has 2 rings (SSSR count). The number of hydrogen-bond acceptors (Lipinski definition) is 5. The number of ether oxygens (including phenoxy) is 4. The molecule has 0 spiro atoms. The van der Waals surface area contributed by atoms with Crippen LogP contribution in [0.25, 0.3) is 0 Å². The standard InChI is InChI=1S/C11H12O5/c1-13-8-2-3-10(11(4-8)16-7-12)15-6-9-5-14-9/h2-4,7,9H,5-6H2,1H3/t9-/m0/s1. The zero-order valence-corrected chi connectivity index (χ0v) is 8.84. The van der Waals surface area contributed by atoms with E-state index in [2.05, 4.69) is 0 Å². The number of hydrogen-bond donors (Lipinski definition) is 0. The van der Waals surface area contributed by atoms with Crippen molar-refractivity contribution in [3.05, 3.63) is 18.2 Å². The van der Waals surface area contributed by atoms with Crippen LogP contribution in [0.1, 0.15) is 0 Å². The summed E-state index contributed by atoms with van der Waals surface area (Å²) < 4.78 is 20.3. The van der Waals surface area contributed by atoms with Crippen LogP contribution in [0.4, 0.5) is 0 Å². The summed E-state index contributed by atoms with van der Waals surface area (Å²) in [5.41, 5.74) is 0. The lowest BCUT2D eigenvalue weighted by Gasteiger charge is -2.09. The molecule has 5 nitrogen and oxygen atoms in total. The van der Waals surface area contributed by atoms with Gasteiger partial charge in [0, 0.05) is 6.07 Å². The first-order valence-electron chi connectivity index (χ1n) is 4.86. The predicted octanol–water partition coefficient (Wildman–Crippen LogP) is 1.01. The fraction of sp³-hybridized carbons (Fsp3) is 0.364. The maximum absolute atomic E-state index is 10.3. The molecular weight excluding hydrogens is 212 g/mol. The summed E-state index contributed by atoms with van der Waals surface area (Å²) >= 11 is 0. The fourth-order valence-corrected chi connectivity index (χ4v) is 1.23. The first-order chi connectivity index (χ1) is 7.83. The predicted molar refractivity (Wildman–Crippen MR) is 54.9 cm³/mol. The summed E-state index contributed by atoms with van der Waals surface area (Å²) in [4.78, 5) is 10.3. The van der Waals surface area contributed by atoms with E-state index < -0.39 is 0 Å². The number of epoxide rings is 1. The van der Waals surface area contributed by atoms with E-state index in [-0.39, 0.29) is 6.10 Å². The molecule has 0 aromatic heterocycles. The second-order valence-corrected chi connectivity index (χ2v) is 3.29. The average molecular weight is 224 g/mol. The number of rotatable bonds is 6. The quantitative estimate of drug-likeness (QED) is 0.533. The third-order valence-corrected chi connectivity index (χ3v) is 2.15. The highest BCUT2D eigenvalue weighted by molar-refractivity contribution is 5.53. The van der Waals surface area contributed by atoms with Crippen LogP contribution in [0.15, 0.2) is 18.2 Å². The van der Waals surface area contributed by atoms with Crippen LogP contribution in [0, 0.1) is 0 Å². The molecule has 0 amide bonds. The molecule has 1 aromatic rings. The van der Waals surface area contributed by atoms with E-state index in [4.69, 9.17) is 18.9 Å². The van der Waals surface area contributed by atoms with Crippen LogP contribution in [-0.4, -0.2) is 32.9 Å². The molecule has 1 aromatic carbocycles. The number of benzene rings is 1. The van der Waals surface area contributed by atoms with Crippen LogP contribution in [-0.2, 0) is 9.53 Å². The number of carbonyl (C=O) groups is 1. The smallest absolute Gasteiger partial charge is 0.298 e. The molecular formula is C11H12O5. The number of carbonyl (C=O) groups excluding carboxylic acids is 1. The van der Waals surface area contributed by atoms with Crippen LogP contribution < -0.4 is 14.2 Å². The monoisotopic (exact) mass is 224 g/mol. The van der Waals surface area contributed by atoms with E-state index in [1.54, 1.807) is 25.3 Å². The first-order valence-corrected chi connectivity index (χ1v) is 4.86. The molecule has 0 bridgehead atoms. The van der Waals surface area contributed by atoms with Crippen molar-refractivity contribution in [3.8, 4) is 17.2 Å². The Morgan fingerprint density at radius 2 is 2.31 bits per heavy atom. The highest BCUT2D eigenvalue weighted by Gasteiger charge is 2.23. The molecule has 1 saturated heterocycles. The van der Waals surface area contributed by atoms with Gasteiger partial charge in [-0.1, -0.05) is 0 Å². The SMILES string of the molecule is COc1ccc(OC[C@@H]2CO2)c(OC=O)c1. The van der Waals surface area contributed by atoms with Crippen molar-refractivity contribution in [1.82, 2.24) is 0 Å². The molecule has 0 aliphatic carbocycles. The third kappa shape index (κ3) is 2.64. The zero-order chi connectivity index (χ0) is 11.4. The van der Waals surface area contributed by atoms with Gasteiger partial charge in [-0.3, -0.25) is 4.79 Å². The van der Waals surface area contributed by atoms with E-state index in [0.717, 1.165) is 6.61 Å². The largest absolute Gasteiger partial charge is 0.497 e. The van der Waals surface area contributed by atoms with Gasteiger partial charge in [0.05, 0.1) is 13.7 Å². The van der Waals surface area contributed by atoms with Crippen LogP contribution >= 0.6 is 0 Å². The minimum atomic E-state index is 0.159. The lowest BCUT2D eigenvalue weighted by molar-refractivity contribution is -0.120. The van der Waals surface area contributed by atoms with Gasteiger partial charge in [-0.2, -0.15) is 0 Å². The highest BCUT2D eigenvalue weighted by atomic mass is 16.6. The minimum Gasteiger partial charge on any atom is -0.497 e. The maximum atomic E-state index is 10.3. The van der Waals surface area contributed by atoms with E-state index in [0.29, 0.717) is 30.3 Å². The summed E-state index contributed by atoms with van der Waals surface area (Å²) in [7, 11) is 1.54. The lowest BCUT2D eigenvalue weighted by Crippen LogP contribution is -2.05. The van der Waals surface area contributed by atoms with Gasteiger partial charge in [0.25, 0.3) is 6.47 Å². The van der Waals surface area contributed by atoms with Crippen molar-refractivity contribution >= 4 is 6.47 Å². The summed E-state index contributed by atoms with van der Waals surface area (Å²) in [6, 6.07) is 5.03. The van der Waals surface area contributed by atoms with Crippen molar-refractivity contribution in [2.75, 3.05) is 20.3 Å². The van der Waals surface area contributed by atoms with Gasteiger partial charge in [-0.25, -0.2) is 0 Å². The third-order valence-electron chi connectivity index (χ3n) is 2.15. The molecule has 1 fully saturated rings. The topological polar surface area (TPSA) is 57.3 Å². The van der Waals surface area contributed by atoms with Gasteiger partial charge >= 0.3 is 0 Å². The van der Waals surface area contributed by atoms with Gasteiger partial charge in [0.1, 0.15) is 18.5 Å². The molecule has 1 heterocycles. The van der Waals surface area contributed by atoms with Crippen LogP contribution in [0.5, 0.6) is 17.2 Å². The van der Waals surface area contributed by atoms with Crippen molar-refractivity contribution in [1.29, 1.82) is 0 Å². The summed E-state index contributed by atoms with van der Waals surface area (Å²) in [6.45, 7) is 1.54. The summed E-state index contributed by atoms with van der Waals surface area (Å²) in [5, 5.41) is 0. The molecule has 1 atom stereocenters. The van der Waals surface area contributed by atoms with E-state index >= 15 is 0 Å². The molecule has 5 heteroatoms. The van der Waals surface area contributed by atoms with Crippen molar-refractivity contribution < 1.29 is 23.7 Å². The molecule has 0 radical (unpaired) electrons. The Kier molecular flexibility index (Phi) is 3.26. The Hall–Kier alpha value is -1.75. The fourth-order valence-electron chi connectivity index (χ4n) is 1.23. The Morgan fingerprint density at radius 1 is 1.50 bits per heavy atom. The van der Waals surface area contributed by atoms with E-state index in [1.807, 2.05) is 0 Å². The average Bonchev–Trinajstić information content (AvgIpc) is 3.11. The first kappa shape index (κ1) is 10.8. The molecule has 1 aliphatic heterocycles. The highest BCUT2D eigenvalue weighted by Crippen LogP contribution is 2.31. The van der Waals surface area contributed by atoms with Gasteiger partial charge in [-0.05, 0) is 12.1 Å². The summed E-state index contributed by atoms with van der Waals surface area (Å²) in [6.07, 6.45) is 0.159. The second kappa shape index (κ2) is 4.85. The van der Waals surface area contributed by atoms with Crippen molar-refractivity contribution in [2.24, 2.45) is 0 Å². The molecule has 1 aliphatic rings. The Morgan fingerprint density at radius 3 is 2.94 bits per heavy atom. The van der Waals surface area contributed by atoms with Gasteiger partial charge in [0.2, 0.25) is 0 Å². The van der Waals surface area contributed by atoms with Crippen molar-refractivity contribution in [3.63, 3.8) is 0 Å².